The highest BCUT2D eigenvalue weighted by molar-refractivity contribution is 9.10. The van der Waals surface area contributed by atoms with E-state index < -0.39 is 0 Å². The molecule has 0 unspecified atom stereocenters. The Morgan fingerprint density at radius 2 is 2.06 bits per heavy atom. The Balaban J connectivity index is 2.43. The van der Waals surface area contributed by atoms with Crippen molar-refractivity contribution < 1.29 is 9.47 Å². The van der Waals surface area contributed by atoms with Gasteiger partial charge in [-0.05, 0) is 47.0 Å². The molecule has 1 aromatic rings. The molecule has 17 heavy (non-hydrogen) atoms. The summed E-state index contributed by atoms with van der Waals surface area (Å²) in [6, 6.07) is 5.95. The number of hydrogen-bond acceptors (Lipinski definition) is 3. The van der Waals surface area contributed by atoms with Crippen LogP contribution in [0, 0.1) is 0 Å². The Labute approximate surface area is 111 Å². The van der Waals surface area contributed by atoms with Crippen LogP contribution in [0.25, 0.3) is 0 Å². The fourth-order valence-electron chi connectivity index (χ4n) is 1.37. The quantitative estimate of drug-likeness (QED) is 0.786. The lowest BCUT2D eigenvalue weighted by Crippen LogP contribution is -2.08. The Morgan fingerprint density at radius 3 is 2.65 bits per heavy atom. The summed E-state index contributed by atoms with van der Waals surface area (Å²) < 4.78 is 11.9. The van der Waals surface area contributed by atoms with E-state index in [1.165, 1.54) is 0 Å². The molecule has 96 valence electrons. The van der Waals surface area contributed by atoms with Crippen LogP contribution < -0.4 is 10.5 Å². The first kappa shape index (κ1) is 14.5. The lowest BCUT2D eigenvalue weighted by molar-refractivity contribution is 0.100. The SMILES string of the molecule is CCCOCCOc1ccc([C@H](C)N)cc1Br. The minimum Gasteiger partial charge on any atom is -0.490 e. The van der Waals surface area contributed by atoms with Crippen LogP contribution in [0.4, 0.5) is 0 Å². The van der Waals surface area contributed by atoms with Crippen LogP contribution in [0.15, 0.2) is 22.7 Å². The second-order valence-corrected chi connectivity index (χ2v) is 4.79. The molecule has 0 amide bonds. The van der Waals surface area contributed by atoms with Crippen LogP contribution in [-0.2, 0) is 4.74 Å². The number of halogens is 1. The first-order valence-electron chi connectivity index (χ1n) is 5.90. The summed E-state index contributed by atoms with van der Waals surface area (Å²) in [5, 5.41) is 0. The minimum atomic E-state index is 0.0354. The zero-order valence-electron chi connectivity index (χ0n) is 10.4. The van der Waals surface area contributed by atoms with Gasteiger partial charge in [-0.15, -0.1) is 0 Å². The van der Waals surface area contributed by atoms with Crippen molar-refractivity contribution in [2.24, 2.45) is 5.73 Å². The predicted molar refractivity (Wildman–Crippen MR) is 73.3 cm³/mol. The second kappa shape index (κ2) is 7.69. The van der Waals surface area contributed by atoms with Crippen LogP contribution in [0.3, 0.4) is 0 Å². The van der Waals surface area contributed by atoms with Gasteiger partial charge in [-0.1, -0.05) is 13.0 Å². The zero-order chi connectivity index (χ0) is 12.7. The van der Waals surface area contributed by atoms with Gasteiger partial charge in [0.2, 0.25) is 0 Å². The van der Waals surface area contributed by atoms with Gasteiger partial charge in [0.1, 0.15) is 12.4 Å². The smallest absolute Gasteiger partial charge is 0.133 e. The van der Waals surface area contributed by atoms with E-state index >= 15 is 0 Å². The van der Waals surface area contributed by atoms with Crippen molar-refractivity contribution in [3.05, 3.63) is 28.2 Å². The van der Waals surface area contributed by atoms with Crippen LogP contribution in [-0.4, -0.2) is 19.8 Å². The summed E-state index contributed by atoms with van der Waals surface area (Å²) >= 11 is 3.48. The average molecular weight is 302 g/mol. The molecule has 1 rings (SSSR count). The summed E-state index contributed by atoms with van der Waals surface area (Å²) in [7, 11) is 0. The van der Waals surface area contributed by atoms with Crippen LogP contribution >= 0.6 is 15.9 Å². The molecule has 1 aromatic carbocycles. The van der Waals surface area contributed by atoms with Gasteiger partial charge in [-0.25, -0.2) is 0 Å². The molecule has 4 heteroatoms. The van der Waals surface area contributed by atoms with Crippen LogP contribution in [0.5, 0.6) is 5.75 Å². The first-order chi connectivity index (χ1) is 8.15. The number of rotatable bonds is 7. The van der Waals surface area contributed by atoms with Crippen molar-refractivity contribution in [2.75, 3.05) is 19.8 Å². The monoisotopic (exact) mass is 301 g/mol. The molecule has 0 bridgehead atoms. The van der Waals surface area contributed by atoms with Gasteiger partial charge in [0.25, 0.3) is 0 Å². The van der Waals surface area contributed by atoms with Gasteiger partial charge in [-0.3, -0.25) is 0 Å². The molecule has 1 atom stereocenters. The van der Waals surface area contributed by atoms with E-state index in [0.717, 1.165) is 28.8 Å². The van der Waals surface area contributed by atoms with E-state index in [0.29, 0.717) is 13.2 Å². The summed E-state index contributed by atoms with van der Waals surface area (Å²) in [5.74, 6) is 0.828. The average Bonchev–Trinajstić information content (AvgIpc) is 2.30. The van der Waals surface area contributed by atoms with Crippen LogP contribution in [0.2, 0.25) is 0 Å². The molecule has 0 heterocycles. The fourth-order valence-corrected chi connectivity index (χ4v) is 1.89. The molecule has 0 aliphatic carbocycles. The van der Waals surface area contributed by atoms with Crippen molar-refractivity contribution in [2.45, 2.75) is 26.3 Å². The molecule has 0 saturated heterocycles. The molecule has 0 aliphatic rings. The van der Waals surface area contributed by atoms with Crippen molar-refractivity contribution in [3.8, 4) is 5.75 Å². The van der Waals surface area contributed by atoms with Gasteiger partial charge < -0.3 is 15.2 Å². The van der Waals surface area contributed by atoms with E-state index in [-0.39, 0.29) is 6.04 Å². The number of ether oxygens (including phenoxy) is 2. The van der Waals surface area contributed by atoms with Gasteiger partial charge in [0.15, 0.2) is 0 Å². The van der Waals surface area contributed by atoms with Gasteiger partial charge >= 0.3 is 0 Å². The third kappa shape index (κ3) is 5.06. The van der Waals surface area contributed by atoms with Crippen molar-refractivity contribution in [1.29, 1.82) is 0 Å². The van der Waals surface area contributed by atoms with Crippen molar-refractivity contribution >= 4 is 15.9 Å². The maximum Gasteiger partial charge on any atom is 0.133 e. The predicted octanol–water partition coefficient (Wildman–Crippen LogP) is 3.27. The lowest BCUT2D eigenvalue weighted by atomic mass is 10.1. The van der Waals surface area contributed by atoms with Crippen molar-refractivity contribution in [3.63, 3.8) is 0 Å². The Bertz CT molecular complexity index is 342. The third-order valence-corrected chi connectivity index (χ3v) is 2.94. The van der Waals surface area contributed by atoms with Crippen molar-refractivity contribution in [1.82, 2.24) is 0 Å². The summed E-state index contributed by atoms with van der Waals surface area (Å²) in [5.41, 5.74) is 6.90. The standard InChI is InChI=1S/C13H20BrNO2/c1-3-6-16-7-8-17-13-5-4-11(10(2)15)9-12(13)14/h4-5,9-10H,3,6-8,15H2,1-2H3/t10-/m0/s1. The molecule has 2 N–H and O–H groups in total. The van der Waals surface area contributed by atoms with E-state index in [4.69, 9.17) is 15.2 Å². The van der Waals surface area contributed by atoms with Gasteiger partial charge in [-0.2, -0.15) is 0 Å². The number of benzene rings is 1. The number of hydrogen-bond donors (Lipinski definition) is 1. The maximum atomic E-state index is 5.81. The largest absolute Gasteiger partial charge is 0.490 e. The minimum absolute atomic E-state index is 0.0354. The molecular formula is C13H20BrNO2. The van der Waals surface area contributed by atoms with E-state index in [1.54, 1.807) is 0 Å². The lowest BCUT2D eigenvalue weighted by Gasteiger charge is -2.11. The summed E-state index contributed by atoms with van der Waals surface area (Å²) in [6.45, 7) is 6.02. The molecule has 0 aromatic heterocycles. The second-order valence-electron chi connectivity index (χ2n) is 3.94. The summed E-state index contributed by atoms with van der Waals surface area (Å²) in [4.78, 5) is 0. The maximum absolute atomic E-state index is 5.81. The van der Waals surface area contributed by atoms with E-state index in [9.17, 15) is 0 Å². The Kier molecular flexibility index (Phi) is 6.55. The molecule has 3 nitrogen and oxygen atoms in total. The Hall–Kier alpha value is -0.580. The highest BCUT2D eigenvalue weighted by Gasteiger charge is 2.05. The first-order valence-corrected chi connectivity index (χ1v) is 6.70. The highest BCUT2D eigenvalue weighted by Crippen LogP contribution is 2.27. The molecule has 0 aliphatic heterocycles. The topological polar surface area (TPSA) is 44.5 Å². The Morgan fingerprint density at radius 1 is 1.29 bits per heavy atom. The van der Waals surface area contributed by atoms with Gasteiger partial charge in [0, 0.05) is 12.6 Å². The fraction of sp³-hybridized carbons (Fsp3) is 0.538. The molecular weight excluding hydrogens is 282 g/mol. The highest BCUT2D eigenvalue weighted by atomic mass is 79.9. The van der Waals surface area contributed by atoms with Crippen LogP contribution in [0.1, 0.15) is 31.9 Å². The van der Waals surface area contributed by atoms with Gasteiger partial charge in [0.05, 0.1) is 11.1 Å². The van der Waals surface area contributed by atoms with E-state index in [2.05, 4.69) is 22.9 Å². The molecule has 0 radical (unpaired) electrons. The zero-order valence-corrected chi connectivity index (χ0v) is 12.0. The molecule has 0 saturated carbocycles. The number of nitrogens with two attached hydrogens (primary N) is 1. The normalized spacial score (nSPS) is 12.5. The molecule has 0 fully saturated rings. The third-order valence-electron chi connectivity index (χ3n) is 2.32. The summed E-state index contributed by atoms with van der Waals surface area (Å²) in [6.07, 6.45) is 1.03. The molecule has 0 spiro atoms. The van der Waals surface area contributed by atoms with E-state index in [1.807, 2.05) is 25.1 Å².